The molecular weight excluding hydrogens is 227 g/mol. The summed E-state index contributed by atoms with van der Waals surface area (Å²) in [6.07, 6.45) is 0.601. The van der Waals surface area contributed by atoms with E-state index in [1.807, 2.05) is 0 Å². The van der Waals surface area contributed by atoms with Gasteiger partial charge in [-0.3, -0.25) is 0 Å². The number of nitrogens with zero attached hydrogens (tertiary/aromatic N) is 2. The smallest absolute Gasteiger partial charge is 0.412 e. The maximum Gasteiger partial charge on any atom is 0.412 e. The second kappa shape index (κ2) is 4.44. The van der Waals surface area contributed by atoms with E-state index in [9.17, 15) is 17.1 Å². The van der Waals surface area contributed by atoms with Crippen LogP contribution in [0.25, 0.3) is 0 Å². The van der Waals surface area contributed by atoms with Gasteiger partial charge in [-0.2, -0.15) is 13.7 Å². The molecule has 0 saturated carbocycles. The number of ether oxygens (including phenoxy) is 1. The van der Waals surface area contributed by atoms with Crippen LogP contribution in [0.5, 0.6) is 0 Å². The summed E-state index contributed by atoms with van der Waals surface area (Å²) in [4.78, 5) is 12.4. The first-order valence-corrected chi connectivity index (χ1v) is 5.68. The first kappa shape index (κ1) is 11.7. The van der Waals surface area contributed by atoms with Gasteiger partial charge in [0.05, 0.1) is 0 Å². The lowest BCUT2D eigenvalue weighted by Crippen LogP contribution is -2.33. The van der Waals surface area contributed by atoms with Crippen molar-refractivity contribution < 1.29 is 21.8 Å². The van der Waals surface area contributed by atoms with Crippen molar-refractivity contribution in [1.29, 1.82) is 5.26 Å². The molecule has 15 heavy (non-hydrogen) atoms. The summed E-state index contributed by atoms with van der Waals surface area (Å²) in [5.41, 5.74) is -2.37. The van der Waals surface area contributed by atoms with Crippen molar-refractivity contribution >= 4 is 16.3 Å². The van der Waals surface area contributed by atoms with E-state index in [1.165, 1.54) is 4.90 Å². The molecule has 0 N–H and O–H groups in total. The highest BCUT2D eigenvalue weighted by Crippen LogP contribution is 2.12. The van der Waals surface area contributed by atoms with Crippen molar-refractivity contribution in [1.82, 2.24) is 4.90 Å². The largest absolute Gasteiger partial charge is 0.412 e. The minimum absolute atomic E-state index is 0.434. The molecule has 1 unspecified atom stereocenters. The van der Waals surface area contributed by atoms with Crippen LogP contribution >= 0.6 is 0 Å². The van der Waals surface area contributed by atoms with E-state index in [2.05, 4.69) is 4.74 Å². The molecule has 0 aromatic heterocycles. The third-order valence-corrected chi connectivity index (χ3v) is 2.65. The second-order valence-electron chi connectivity index (χ2n) is 3.01. The highest BCUT2D eigenvalue weighted by Gasteiger charge is 2.31. The molecule has 0 aromatic carbocycles. The molecule has 1 aliphatic rings. The molecule has 84 valence electrons. The van der Waals surface area contributed by atoms with Gasteiger partial charge in [0, 0.05) is 13.1 Å². The summed E-state index contributed by atoms with van der Waals surface area (Å²) >= 11 is 0. The molecular formula is C7H9FN2O4S. The number of rotatable bonds is 2. The third kappa shape index (κ3) is 3.06. The molecule has 1 rings (SSSR count). The molecule has 1 heterocycles. The van der Waals surface area contributed by atoms with E-state index in [1.54, 1.807) is 0 Å². The fourth-order valence-electron chi connectivity index (χ4n) is 1.21. The van der Waals surface area contributed by atoms with Gasteiger partial charge in [-0.25, -0.2) is 4.79 Å². The minimum atomic E-state index is -5.17. The normalized spacial score (nSPS) is 18.3. The molecule has 1 fully saturated rings. The standard InChI is InChI=1S/C7H9FN2O4S/c8-15(12,13)6(5-9)14-7(11)10-3-1-2-4-10/h6H,1-4H2. The van der Waals surface area contributed by atoms with Crippen molar-refractivity contribution in [3.05, 3.63) is 0 Å². The first-order valence-electron chi connectivity index (χ1n) is 4.24. The fraction of sp³-hybridized carbons (Fsp3) is 0.714. The minimum Gasteiger partial charge on any atom is -0.412 e. The highest BCUT2D eigenvalue weighted by molar-refractivity contribution is 7.87. The predicted molar refractivity (Wildman–Crippen MR) is 46.7 cm³/mol. The van der Waals surface area contributed by atoms with Crippen molar-refractivity contribution in [3.8, 4) is 6.07 Å². The number of hydrogen-bond acceptors (Lipinski definition) is 5. The summed E-state index contributed by atoms with van der Waals surface area (Å²) in [5.74, 6) is 0. The molecule has 8 heteroatoms. The lowest BCUT2D eigenvalue weighted by atomic mass is 10.4. The van der Waals surface area contributed by atoms with Crippen molar-refractivity contribution in [3.63, 3.8) is 0 Å². The zero-order valence-corrected chi connectivity index (χ0v) is 8.54. The molecule has 0 bridgehead atoms. The van der Waals surface area contributed by atoms with Gasteiger partial charge < -0.3 is 9.64 Å². The molecule has 1 amide bonds. The Labute approximate surface area is 86.4 Å². The van der Waals surface area contributed by atoms with E-state index in [0.717, 1.165) is 18.9 Å². The second-order valence-corrected chi connectivity index (χ2v) is 4.39. The van der Waals surface area contributed by atoms with Gasteiger partial charge in [0.25, 0.3) is 0 Å². The SMILES string of the molecule is N#CC(OC(=O)N1CCCC1)S(=O)(=O)F. The van der Waals surface area contributed by atoms with Gasteiger partial charge in [-0.05, 0) is 12.8 Å². The Bertz CT molecular complexity index is 382. The quantitative estimate of drug-likeness (QED) is 0.646. The van der Waals surface area contributed by atoms with E-state index in [0.29, 0.717) is 13.1 Å². The van der Waals surface area contributed by atoms with Gasteiger partial charge in [0.1, 0.15) is 6.07 Å². The van der Waals surface area contributed by atoms with Gasteiger partial charge in [0.15, 0.2) is 0 Å². The number of amides is 1. The van der Waals surface area contributed by atoms with Crippen LogP contribution in [0.15, 0.2) is 0 Å². The summed E-state index contributed by atoms with van der Waals surface area (Å²) in [6, 6.07) is 1.06. The molecule has 1 atom stereocenters. The molecule has 1 saturated heterocycles. The van der Waals surface area contributed by atoms with Crippen LogP contribution < -0.4 is 0 Å². The summed E-state index contributed by atoms with van der Waals surface area (Å²) in [5, 5.41) is 8.29. The topological polar surface area (TPSA) is 87.5 Å². The molecule has 0 spiro atoms. The Morgan fingerprint density at radius 2 is 2.00 bits per heavy atom. The van der Waals surface area contributed by atoms with E-state index in [-0.39, 0.29) is 0 Å². The maximum absolute atomic E-state index is 12.4. The molecule has 0 aromatic rings. The Morgan fingerprint density at radius 3 is 2.40 bits per heavy atom. The molecule has 1 aliphatic heterocycles. The Balaban J connectivity index is 2.60. The van der Waals surface area contributed by atoms with Crippen LogP contribution in [0.2, 0.25) is 0 Å². The van der Waals surface area contributed by atoms with Crippen LogP contribution in [0.4, 0.5) is 8.68 Å². The van der Waals surface area contributed by atoms with Crippen molar-refractivity contribution in [2.45, 2.75) is 18.3 Å². The van der Waals surface area contributed by atoms with E-state index in [4.69, 9.17) is 5.26 Å². The average Bonchev–Trinajstić information content (AvgIpc) is 2.64. The summed E-state index contributed by atoms with van der Waals surface area (Å²) < 4.78 is 37.2. The van der Waals surface area contributed by atoms with E-state index < -0.39 is 21.8 Å². The highest BCUT2D eigenvalue weighted by atomic mass is 32.3. The van der Waals surface area contributed by atoms with E-state index >= 15 is 0 Å². The third-order valence-electron chi connectivity index (χ3n) is 1.93. The fourth-order valence-corrected chi connectivity index (χ4v) is 1.54. The van der Waals surface area contributed by atoms with Gasteiger partial charge in [-0.1, -0.05) is 0 Å². The van der Waals surface area contributed by atoms with Crippen molar-refractivity contribution in [2.75, 3.05) is 13.1 Å². The predicted octanol–water partition coefficient (Wildman–Crippen LogP) is 0.368. The number of carbonyl (C=O) groups is 1. The van der Waals surface area contributed by atoms with Crippen LogP contribution in [0.1, 0.15) is 12.8 Å². The Morgan fingerprint density at radius 1 is 1.47 bits per heavy atom. The molecule has 0 aliphatic carbocycles. The first-order chi connectivity index (χ1) is 6.95. The Hall–Kier alpha value is -1.36. The van der Waals surface area contributed by atoms with Gasteiger partial charge in [0.2, 0.25) is 0 Å². The van der Waals surface area contributed by atoms with Gasteiger partial charge >= 0.3 is 21.8 Å². The Kier molecular flexibility index (Phi) is 3.47. The summed E-state index contributed by atoms with van der Waals surface area (Å²) in [6.45, 7) is 0.868. The number of halogens is 1. The number of nitriles is 1. The van der Waals surface area contributed by atoms with Crippen LogP contribution in [-0.2, 0) is 15.0 Å². The molecule has 0 radical (unpaired) electrons. The van der Waals surface area contributed by atoms with Crippen LogP contribution in [0, 0.1) is 11.3 Å². The van der Waals surface area contributed by atoms with Crippen LogP contribution in [-0.4, -0.2) is 37.9 Å². The van der Waals surface area contributed by atoms with Gasteiger partial charge in [-0.15, -0.1) is 3.89 Å². The van der Waals surface area contributed by atoms with Crippen LogP contribution in [0.3, 0.4) is 0 Å². The monoisotopic (exact) mass is 236 g/mol. The number of likely N-dealkylation sites (tertiary alicyclic amines) is 1. The maximum atomic E-state index is 12.4. The molecule has 6 nitrogen and oxygen atoms in total. The summed E-state index contributed by atoms with van der Waals surface area (Å²) in [7, 11) is -5.17. The van der Waals surface area contributed by atoms with Crippen molar-refractivity contribution in [2.24, 2.45) is 0 Å². The lowest BCUT2D eigenvalue weighted by Gasteiger charge is -2.15. The number of carbonyl (C=O) groups excluding carboxylic acids is 1. The zero-order valence-electron chi connectivity index (χ0n) is 7.72. The lowest BCUT2D eigenvalue weighted by molar-refractivity contribution is 0.110. The zero-order chi connectivity index (χ0) is 11.5. The average molecular weight is 236 g/mol. The number of hydrogen-bond donors (Lipinski definition) is 0.